The van der Waals surface area contributed by atoms with Gasteiger partial charge in [-0.15, -0.1) is 11.3 Å². The Hall–Kier alpha value is 0.0500. The number of sulfonamides is 1. The zero-order chi connectivity index (χ0) is 14.0. The van der Waals surface area contributed by atoms with Gasteiger partial charge < -0.3 is 0 Å². The van der Waals surface area contributed by atoms with Crippen LogP contribution in [0.4, 0.5) is 0 Å². The highest BCUT2D eigenvalue weighted by atomic mass is 79.9. The van der Waals surface area contributed by atoms with Crippen molar-refractivity contribution in [1.82, 2.24) is 9.62 Å². The van der Waals surface area contributed by atoms with Crippen LogP contribution < -0.4 is 4.72 Å². The van der Waals surface area contributed by atoms with Gasteiger partial charge in [0, 0.05) is 24.0 Å². The van der Waals surface area contributed by atoms with Crippen molar-refractivity contribution in [2.75, 3.05) is 19.6 Å². The zero-order valence-corrected chi connectivity index (χ0v) is 14.4. The van der Waals surface area contributed by atoms with E-state index in [1.165, 1.54) is 24.2 Å². The highest BCUT2D eigenvalue weighted by molar-refractivity contribution is 9.11. The molecule has 0 bridgehead atoms. The summed E-state index contributed by atoms with van der Waals surface area (Å²) in [6.45, 7) is 6.18. The van der Waals surface area contributed by atoms with Crippen LogP contribution in [0.1, 0.15) is 24.6 Å². The van der Waals surface area contributed by atoms with E-state index in [0.717, 1.165) is 21.8 Å². The predicted molar refractivity (Wildman–Crippen MR) is 82.2 cm³/mol. The van der Waals surface area contributed by atoms with Crippen LogP contribution in [-0.4, -0.2) is 39.0 Å². The minimum Gasteiger partial charge on any atom is -0.299 e. The Morgan fingerprint density at radius 2 is 2.21 bits per heavy atom. The highest BCUT2D eigenvalue weighted by Crippen LogP contribution is 2.29. The molecule has 1 aromatic heterocycles. The number of hydrogen-bond donors (Lipinski definition) is 1. The van der Waals surface area contributed by atoms with E-state index in [9.17, 15) is 8.42 Å². The van der Waals surface area contributed by atoms with Crippen LogP contribution in [0.5, 0.6) is 0 Å². The predicted octanol–water partition coefficient (Wildman–Crippen LogP) is 2.58. The molecule has 0 unspecified atom stereocenters. The molecule has 108 valence electrons. The number of thiophene rings is 1. The summed E-state index contributed by atoms with van der Waals surface area (Å²) in [7, 11) is -3.38. The van der Waals surface area contributed by atoms with E-state index >= 15 is 0 Å². The minimum atomic E-state index is -3.38. The van der Waals surface area contributed by atoms with Crippen LogP contribution in [0.3, 0.4) is 0 Å². The van der Waals surface area contributed by atoms with Crippen LogP contribution in [0.2, 0.25) is 0 Å². The SMILES string of the molecule is CCN(CCNS(=O)(=O)c1cc(Br)sc1C)C1CC1. The Bertz CT molecular complexity index is 538. The van der Waals surface area contributed by atoms with Crippen molar-refractivity contribution in [2.45, 2.75) is 37.6 Å². The van der Waals surface area contributed by atoms with Crippen molar-refractivity contribution in [3.63, 3.8) is 0 Å². The molecule has 0 saturated heterocycles. The topological polar surface area (TPSA) is 49.4 Å². The molecule has 1 N–H and O–H groups in total. The van der Waals surface area contributed by atoms with E-state index in [0.29, 0.717) is 17.5 Å². The average molecular weight is 367 g/mol. The molecule has 0 spiro atoms. The molecular formula is C12H19BrN2O2S2. The molecule has 4 nitrogen and oxygen atoms in total. The third-order valence-corrected chi connectivity index (χ3v) is 6.56. The van der Waals surface area contributed by atoms with Crippen molar-refractivity contribution in [1.29, 1.82) is 0 Å². The van der Waals surface area contributed by atoms with Gasteiger partial charge in [-0.25, -0.2) is 13.1 Å². The lowest BCUT2D eigenvalue weighted by Gasteiger charge is -2.19. The summed E-state index contributed by atoms with van der Waals surface area (Å²) < 4.78 is 27.9. The average Bonchev–Trinajstić information content (AvgIpc) is 3.10. The Balaban J connectivity index is 1.92. The summed E-state index contributed by atoms with van der Waals surface area (Å²) in [5.41, 5.74) is 0. The molecule has 1 fully saturated rings. The molecule has 0 amide bonds. The van der Waals surface area contributed by atoms with Crippen molar-refractivity contribution < 1.29 is 8.42 Å². The first-order valence-electron chi connectivity index (χ1n) is 6.43. The van der Waals surface area contributed by atoms with Crippen LogP contribution in [0.15, 0.2) is 14.7 Å². The zero-order valence-electron chi connectivity index (χ0n) is 11.1. The van der Waals surface area contributed by atoms with Gasteiger partial charge in [0.15, 0.2) is 0 Å². The van der Waals surface area contributed by atoms with E-state index in [4.69, 9.17) is 0 Å². The van der Waals surface area contributed by atoms with Gasteiger partial charge in [-0.2, -0.15) is 0 Å². The fraction of sp³-hybridized carbons (Fsp3) is 0.667. The van der Waals surface area contributed by atoms with Crippen molar-refractivity contribution in [2.24, 2.45) is 0 Å². The van der Waals surface area contributed by atoms with Gasteiger partial charge in [-0.3, -0.25) is 4.90 Å². The second-order valence-corrected chi connectivity index (χ2v) is 9.10. The highest BCUT2D eigenvalue weighted by Gasteiger charge is 2.27. The van der Waals surface area contributed by atoms with Crippen molar-refractivity contribution >= 4 is 37.3 Å². The lowest BCUT2D eigenvalue weighted by atomic mass is 10.4. The second kappa shape index (κ2) is 6.22. The van der Waals surface area contributed by atoms with Crippen molar-refractivity contribution in [3.05, 3.63) is 14.7 Å². The van der Waals surface area contributed by atoms with Crippen LogP contribution in [-0.2, 0) is 10.0 Å². The molecule has 1 aliphatic rings. The molecule has 0 radical (unpaired) electrons. The summed E-state index contributed by atoms with van der Waals surface area (Å²) in [6, 6.07) is 2.34. The summed E-state index contributed by atoms with van der Waals surface area (Å²) in [6.07, 6.45) is 2.49. The van der Waals surface area contributed by atoms with Gasteiger partial charge in [0.25, 0.3) is 0 Å². The van der Waals surface area contributed by atoms with E-state index < -0.39 is 10.0 Å². The number of rotatable bonds is 7. The van der Waals surface area contributed by atoms with Gasteiger partial charge in [-0.1, -0.05) is 6.92 Å². The molecule has 0 atom stereocenters. The fourth-order valence-electron chi connectivity index (χ4n) is 2.14. The summed E-state index contributed by atoms with van der Waals surface area (Å²) in [5.74, 6) is 0. The van der Waals surface area contributed by atoms with Gasteiger partial charge in [-0.05, 0) is 48.3 Å². The number of halogens is 1. The van der Waals surface area contributed by atoms with Gasteiger partial charge >= 0.3 is 0 Å². The number of nitrogens with one attached hydrogen (secondary N) is 1. The van der Waals surface area contributed by atoms with Crippen LogP contribution in [0.25, 0.3) is 0 Å². The molecule has 1 aliphatic carbocycles. The van der Waals surface area contributed by atoms with Crippen molar-refractivity contribution in [3.8, 4) is 0 Å². The fourth-order valence-corrected chi connectivity index (χ4v) is 5.57. The Morgan fingerprint density at radius 1 is 1.53 bits per heavy atom. The number of nitrogens with zero attached hydrogens (tertiary/aromatic N) is 1. The smallest absolute Gasteiger partial charge is 0.241 e. The first-order chi connectivity index (χ1) is 8.94. The maximum Gasteiger partial charge on any atom is 0.241 e. The first-order valence-corrected chi connectivity index (χ1v) is 9.53. The molecule has 7 heteroatoms. The largest absolute Gasteiger partial charge is 0.299 e. The number of aryl methyl sites for hydroxylation is 1. The minimum absolute atomic E-state index is 0.388. The summed E-state index contributed by atoms with van der Waals surface area (Å²) >= 11 is 4.77. The number of likely N-dealkylation sites (N-methyl/N-ethyl adjacent to an activating group) is 1. The molecule has 0 aliphatic heterocycles. The first kappa shape index (κ1) is 15.4. The van der Waals surface area contributed by atoms with Crippen LogP contribution >= 0.6 is 27.3 Å². The van der Waals surface area contributed by atoms with Gasteiger partial charge in [0.2, 0.25) is 10.0 Å². The molecular weight excluding hydrogens is 348 g/mol. The Morgan fingerprint density at radius 3 is 2.68 bits per heavy atom. The maximum absolute atomic E-state index is 12.2. The standard InChI is InChI=1S/C12H19BrN2O2S2/c1-3-15(10-4-5-10)7-6-14-19(16,17)11-8-12(13)18-9(11)2/h8,10,14H,3-7H2,1-2H3. The van der Waals surface area contributed by atoms with E-state index in [1.54, 1.807) is 6.07 Å². The summed E-state index contributed by atoms with van der Waals surface area (Å²) in [4.78, 5) is 3.53. The van der Waals surface area contributed by atoms with Gasteiger partial charge in [0.05, 0.1) is 8.68 Å². The normalized spacial score (nSPS) is 16.2. The van der Waals surface area contributed by atoms with Crippen LogP contribution in [0, 0.1) is 6.92 Å². The lowest BCUT2D eigenvalue weighted by molar-refractivity contribution is 0.282. The Kier molecular flexibility index (Phi) is 5.05. The van der Waals surface area contributed by atoms with E-state index in [2.05, 4.69) is 32.5 Å². The molecule has 2 rings (SSSR count). The Labute approximate surface area is 127 Å². The summed E-state index contributed by atoms with van der Waals surface area (Å²) in [5, 5.41) is 0. The lowest BCUT2D eigenvalue weighted by Crippen LogP contribution is -2.36. The molecule has 1 saturated carbocycles. The van der Waals surface area contributed by atoms with Gasteiger partial charge in [0.1, 0.15) is 0 Å². The second-order valence-electron chi connectivity index (χ2n) is 4.73. The van der Waals surface area contributed by atoms with E-state index in [-0.39, 0.29) is 0 Å². The number of hydrogen-bond acceptors (Lipinski definition) is 4. The molecule has 1 aromatic rings. The monoisotopic (exact) mass is 366 g/mol. The third-order valence-electron chi connectivity index (χ3n) is 3.29. The third kappa shape index (κ3) is 4.01. The quantitative estimate of drug-likeness (QED) is 0.806. The maximum atomic E-state index is 12.2. The molecule has 1 heterocycles. The van der Waals surface area contributed by atoms with E-state index in [1.807, 2.05) is 6.92 Å². The molecule has 0 aromatic carbocycles. The molecule has 19 heavy (non-hydrogen) atoms.